The number of pyridine rings is 1. The van der Waals surface area contributed by atoms with Crippen molar-refractivity contribution >= 4 is 21.7 Å². The Balaban J connectivity index is 2.08. The van der Waals surface area contributed by atoms with E-state index in [1.54, 1.807) is 0 Å². The smallest absolute Gasteiger partial charge is 0.168 e. The zero-order valence-electron chi connectivity index (χ0n) is 10.2. The lowest BCUT2D eigenvalue weighted by Crippen LogP contribution is -2.05. The summed E-state index contributed by atoms with van der Waals surface area (Å²) in [6.07, 6.45) is 3.16. The summed E-state index contributed by atoms with van der Waals surface area (Å²) in [5, 5.41) is 0. The van der Waals surface area contributed by atoms with Gasteiger partial charge in [-0.3, -0.25) is 9.78 Å². The van der Waals surface area contributed by atoms with Crippen molar-refractivity contribution in [1.82, 2.24) is 4.98 Å². The zero-order chi connectivity index (χ0) is 13.0. The molecule has 2 rings (SSSR count). The van der Waals surface area contributed by atoms with Gasteiger partial charge in [-0.1, -0.05) is 41.1 Å². The van der Waals surface area contributed by atoms with Crippen LogP contribution in [0.1, 0.15) is 28.5 Å². The highest BCUT2D eigenvalue weighted by Gasteiger charge is 2.07. The first-order valence-electron chi connectivity index (χ1n) is 5.91. The number of aryl methyl sites for hydroxylation is 1. The second kappa shape index (κ2) is 5.91. The minimum atomic E-state index is 0.0965. The summed E-state index contributed by atoms with van der Waals surface area (Å²) in [7, 11) is 0. The lowest BCUT2D eigenvalue weighted by Gasteiger charge is -2.02. The minimum Gasteiger partial charge on any atom is -0.294 e. The first-order valence-corrected chi connectivity index (χ1v) is 6.71. The normalized spacial score (nSPS) is 10.3. The Morgan fingerprint density at radius 1 is 1.17 bits per heavy atom. The molecule has 0 aliphatic rings. The van der Waals surface area contributed by atoms with E-state index in [1.807, 2.05) is 42.6 Å². The predicted molar refractivity (Wildman–Crippen MR) is 75.8 cm³/mol. The number of carbonyl (C=O) groups excluding carboxylic acids is 1. The summed E-state index contributed by atoms with van der Waals surface area (Å²) in [6, 6.07) is 11.4. The molecule has 1 heterocycles. The first kappa shape index (κ1) is 13.0. The zero-order valence-corrected chi connectivity index (χ0v) is 11.8. The molecule has 18 heavy (non-hydrogen) atoms. The molecule has 0 aliphatic heterocycles. The van der Waals surface area contributed by atoms with Crippen LogP contribution < -0.4 is 0 Å². The topological polar surface area (TPSA) is 30.0 Å². The van der Waals surface area contributed by atoms with Gasteiger partial charge in [0, 0.05) is 21.9 Å². The first-order chi connectivity index (χ1) is 8.69. The van der Waals surface area contributed by atoms with E-state index in [2.05, 4.69) is 27.8 Å². The molecule has 0 aliphatic carbocycles. The van der Waals surface area contributed by atoms with E-state index < -0.39 is 0 Å². The largest absolute Gasteiger partial charge is 0.294 e. The van der Waals surface area contributed by atoms with Gasteiger partial charge in [0.05, 0.1) is 6.42 Å². The van der Waals surface area contributed by atoms with Crippen LogP contribution >= 0.6 is 15.9 Å². The second-order valence-corrected chi connectivity index (χ2v) is 5.03. The average Bonchev–Trinajstić information content (AvgIpc) is 2.40. The number of hydrogen-bond donors (Lipinski definition) is 0. The highest BCUT2D eigenvalue weighted by molar-refractivity contribution is 9.10. The molecule has 2 nitrogen and oxygen atoms in total. The van der Waals surface area contributed by atoms with Crippen LogP contribution in [0.3, 0.4) is 0 Å². The van der Waals surface area contributed by atoms with Gasteiger partial charge < -0.3 is 0 Å². The number of hydrogen-bond acceptors (Lipinski definition) is 2. The second-order valence-electron chi connectivity index (χ2n) is 4.12. The molecular weight excluding hydrogens is 290 g/mol. The monoisotopic (exact) mass is 303 g/mol. The standard InChI is InChI=1S/C15H14BrNO/c1-2-11-3-8-14(17-10-11)9-15(18)12-4-6-13(16)7-5-12/h3-8,10H,2,9H2,1H3. The Kier molecular flexibility index (Phi) is 4.26. The van der Waals surface area contributed by atoms with E-state index in [4.69, 9.17) is 0 Å². The van der Waals surface area contributed by atoms with Gasteiger partial charge in [0.25, 0.3) is 0 Å². The van der Waals surface area contributed by atoms with Gasteiger partial charge in [-0.25, -0.2) is 0 Å². The van der Waals surface area contributed by atoms with E-state index in [0.29, 0.717) is 6.42 Å². The van der Waals surface area contributed by atoms with Crippen molar-refractivity contribution in [1.29, 1.82) is 0 Å². The van der Waals surface area contributed by atoms with Crippen LogP contribution in [0.2, 0.25) is 0 Å². The maximum Gasteiger partial charge on any atom is 0.168 e. The predicted octanol–water partition coefficient (Wildman–Crippen LogP) is 3.83. The molecule has 0 fully saturated rings. The number of Topliss-reactive ketones (excluding diaryl/α,β-unsaturated/α-hetero) is 1. The Labute approximate surface area is 115 Å². The molecule has 0 saturated heterocycles. The van der Waals surface area contributed by atoms with Gasteiger partial charge in [0.1, 0.15) is 0 Å². The number of ketones is 1. The number of benzene rings is 1. The van der Waals surface area contributed by atoms with E-state index in [1.165, 1.54) is 5.56 Å². The maximum absolute atomic E-state index is 12.0. The van der Waals surface area contributed by atoms with Gasteiger partial charge in [-0.05, 0) is 30.2 Å². The van der Waals surface area contributed by atoms with E-state index in [-0.39, 0.29) is 5.78 Å². The Hall–Kier alpha value is -1.48. The minimum absolute atomic E-state index is 0.0965. The van der Waals surface area contributed by atoms with Crippen molar-refractivity contribution in [2.45, 2.75) is 19.8 Å². The number of nitrogens with zero attached hydrogens (tertiary/aromatic N) is 1. The third-order valence-electron chi connectivity index (χ3n) is 2.80. The van der Waals surface area contributed by atoms with Crippen LogP contribution in [0, 0.1) is 0 Å². The number of carbonyl (C=O) groups is 1. The molecule has 0 atom stereocenters. The van der Waals surface area contributed by atoms with Crippen LogP contribution in [0.15, 0.2) is 47.1 Å². The fraction of sp³-hybridized carbons (Fsp3) is 0.200. The molecule has 1 aromatic carbocycles. The summed E-state index contributed by atoms with van der Waals surface area (Å²) in [4.78, 5) is 16.3. The Bertz CT molecular complexity index is 531. The molecule has 92 valence electrons. The van der Waals surface area contributed by atoms with Gasteiger partial charge in [-0.2, -0.15) is 0 Å². The molecule has 0 radical (unpaired) electrons. The van der Waals surface area contributed by atoms with E-state index in [9.17, 15) is 4.79 Å². The molecule has 0 N–H and O–H groups in total. The summed E-state index contributed by atoms with van der Waals surface area (Å²) >= 11 is 3.35. The third-order valence-corrected chi connectivity index (χ3v) is 3.33. The molecule has 0 bridgehead atoms. The molecule has 2 aromatic rings. The highest BCUT2D eigenvalue weighted by atomic mass is 79.9. The van der Waals surface area contributed by atoms with Crippen molar-refractivity contribution in [2.24, 2.45) is 0 Å². The Morgan fingerprint density at radius 3 is 2.44 bits per heavy atom. The van der Waals surface area contributed by atoms with Crippen molar-refractivity contribution in [2.75, 3.05) is 0 Å². The maximum atomic E-state index is 12.0. The van der Waals surface area contributed by atoms with Gasteiger partial charge in [-0.15, -0.1) is 0 Å². The lowest BCUT2D eigenvalue weighted by molar-refractivity contribution is 0.0992. The third kappa shape index (κ3) is 3.26. The Morgan fingerprint density at radius 2 is 1.89 bits per heavy atom. The van der Waals surface area contributed by atoms with Crippen LogP contribution in [0.5, 0.6) is 0 Å². The summed E-state index contributed by atoms with van der Waals surface area (Å²) in [6.45, 7) is 2.09. The van der Waals surface area contributed by atoms with E-state index >= 15 is 0 Å². The summed E-state index contributed by atoms with van der Waals surface area (Å²) in [5.74, 6) is 0.0965. The quantitative estimate of drug-likeness (QED) is 0.804. The molecule has 0 saturated carbocycles. The lowest BCUT2D eigenvalue weighted by atomic mass is 10.1. The molecule has 3 heteroatoms. The van der Waals surface area contributed by atoms with Crippen LogP contribution in [0.4, 0.5) is 0 Å². The van der Waals surface area contributed by atoms with Crippen molar-refractivity contribution in [3.8, 4) is 0 Å². The van der Waals surface area contributed by atoms with Gasteiger partial charge in [0.2, 0.25) is 0 Å². The number of aromatic nitrogens is 1. The van der Waals surface area contributed by atoms with Crippen molar-refractivity contribution in [3.63, 3.8) is 0 Å². The summed E-state index contributed by atoms with van der Waals surface area (Å²) < 4.78 is 0.976. The van der Waals surface area contributed by atoms with Crippen LogP contribution in [0.25, 0.3) is 0 Å². The number of halogens is 1. The molecule has 0 unspecified atom stereocenters. The average molecular weight is 304 g/mol. The van der Waals surface area contributed by atoms with Crippen molar-refractivity contribution in [3.05, 3.63) is 63.9 Å². The van der Waals surface area contributed by atoms with Gasteiger partial charge >= 0.3 is 0 Å². The molecular formula is C15H14BrNO. The molecule has 0 spiro atoms. The fourth-order valence-electron chi connectivity index (χ4n) is 1.67. The van der Waals surface area contributed by atoms with Crippen LogP contribution in [-0.2, 0) is 12.8 Å². The van der Waals surface area contributed by atoms with Crippen LogP contribution in [-0.4, -0.2) is 10.8 Å². The SMILES string of the molecule is CCc1ccc(CC(=O)c2ccc(Br)cc2)nc1. The molecule has 0 amide bonds. The van der Waals surface area contributed by atoms with Gasteiger partial charge in [0.15, 0.2) is 5.78 Å². The van der Waals surface area contributed by atoms with E-state index in [0.717, 1.165) is 22.2 Å². The number of rotatable bonds is 4. The van der Waals surface area contributed by atoms with Crippen molar-refractivity contribution < 1.29 is 4.79 Å². The molecule has 1 aromatic heterocycles. The fourth-order valence-corrected chi connectivity index (χ4v) is 1.94. The summed E-state index contributed by atoms with van der Waals surface area (Å²) in [5.41, 5.74) is 2.73. The highest BCUT2D eigenvalue weighted by Crippen LogP contribution is 2.12.